The number of ether oxygens (including phenoxy) is 6. The first-order chi connectivity index (χ1) is 34.2. The zero-order chi connectivity index (χ0) is 47.9. The van der Waals surface area contributed by atoms with Crippen molar-refractivity contribution in [1.82, 2.24) is 44.7 Å². The molecule has 3 aromatic carbocycles. The summed E-state index contributed by atoms with van der Waals surface area (Å²) in [5.41, 5.74) is 4.25. The summed E-state index contributed by atoms with van der Waals surface area (Å²) in [6.07, 6.45) is 14.9. The second-order valence-electron chi connectivity index (χ2n) is 18.0. The maximum Gasteiger partial charge on any atom is 0.256 e. The molecule has 8 heterocycles. The Hall–Kier alpha value is -7.84. The molecule has 3 fully saturated rings. The minimum Gasteiger partial charge on any atom is -0.493 e. The van der Waals surface area contributed by atoms with Crippen LogP contribution in [0.4, 0.5) is 17.1 Å². The van der Waals surface area contributed by atoms with Crippen LogP contribution in [0.1, 0.15) is 93.4 Å². The normalized spacial score (nSPS) is 20.8. The topological polar surface area (TPSA) is 215 Å². The molecule has 6 aliphatic heterocycles. The highest BCUT2D eigenvalue weighted by molar-refractivity contribution is 6.05. The lowest BCUT2D eigenvalue weighted by Crippen LogP contribution is -2.35. The number of rotatable bonds is 16. The molecule has 70 heavy (non-hydrogen) atoms. The minimum atomic E-state index is -0.257. The molecule has 0 aliphatic carbocycles. The van der Waals surface area contributed by atoms with Gasteiger partial charge in [-0.25, -0.2) is 4.68 Å². The van der Waals surface area contributed by atoms with Gasteiger partial charge in [0.1, 0.15) is 24.6 Å². The molecule has 6 aliphatic rings. The van der Waals surface area contributed by atoms with Crippen LogP contribution in [-0.4, -0.2) is 147 Å². The van der Waals surface area contributed by atoms with Crippen molar-refractivity contribution >= 4 is 53.4 Å². The van der Waals surface area contributed by atoms with Crippen molar-refractivity contribution < 1.29 is 42.8 Å². The first kappa shape index (κ1) is 44.7. The maximum atomic E-state index is 14.1. The molecule has 0 unspecified atom stereocenters. The first-order valence-electron chi connectivity index (χ1n) is 23.6. The number of aliphatic imine (C=N–C) groups is 3. The highest BCUT2D eigenvalue weighted by Gasteiger charge is 2.39. The molecule has 0 radical (unpaired) electrons. The van der Waals surface area contributed by atoms with Crippen molar-refractivity contribution in [3.05, 3.63) is 76.9 Å². The Morgan fingerprint density at radius 3 is 1.61 bits per heavy atom. The average Bonchev–Trinajstić information content (AvgIpc) is 4.25. The van der Waals surface area contributed by atoms with Crippen molar-refractivity contribution in [2.45, 2.75) is 88.9 Å². The summed E-state index contributed by atoms with van der Waals surface area (Å²) in [5, 5.41) is 17.3. The van der Waals surface area contributed by atoms with E-state index < -0.39 is 0 Å². The third kappa shape index (κ3) is 8.52. The number of aromatic nitrogens is 6. The van der Waals surface area contributed by atoms with Gasteiger partial charge in [-0.2, -0.15) is 0 Å². The first-order valence-corrected chi connectivity index (χ1v) is 23.6. The van der Waals surface area contributed by atoms with Crippen molar-refractivity contribution in [2.24, 2.45) is 15.0 Å². The molecular weight excluding hydrogens is 901 g/mol. The fourth-order valence-corrected chi connectivity index (χ4v) is 10.0. The van der Waals surface area contributed by atoms with Crippen LogP contribution in [0.5, 0.6) is 34.5 Å². The largest absolute Gasteiger partial charge is 0.493 e. The number of unbranched alkanes of at least 4 members (excludes halogenated alkanes) is 1. The molecule has 4 atom stereocenters. The van der Waals surface area contributed by atoms with Gasteiger partial charge < -0.3 is 43.1 Å². The van der Waals surface area contributed by atoms with Gasteiger partial charge in [0.05, 0.1) is 98.2 Å². The summed E-state index contributed by atoms with van der Waals surface area (Å²) >= 11 is 0. The summed E-state index contributed by atoms with van der Waals surface area (Å²) in [6.45, 7) is 3.10. The number of aryl methyl sites for hydroxylation is 1. The number of carbonyl (C=O) groups excluding carboxylic acids is 3. The van der Waals surface area contributed by atoms with Crippen LogP contribution in [0, 0.1) is 0 Å². The van der Waals surface area contributed by atoms with Crippen molar-refractivity contribution in [3.63, 3.8) is 0 Å². The van der Waals surface area contributed by atoms with Gasteiger partial charge in [0, 0.05) is 63.0 Å². The summed E-state index contributed by atoms with van der Waals surface area (Å²) in [6, 6.07) is 9.94. The fourth-order valence-electron chi connectivity index (χ4n) is 10.0. The van der Waals surface area contributed by atoms with E-state index in [1.165, 1.54) is 7.11 Å². The molecule has 3 saturated heterocycles. The number of nitrogens with zero attached hydrogens (tertiary/aromatic N) is 12. The van der Waals surface area contributed by atoms with Gasteiger partial charge in [-0.15, -0.1) is 10.2 Å². The Labute approximate surface area is 402 Å². The minimum absolute atomic E-state index is 0.00186. The van der Waals surface area contributed by atoms with Gasteiger partial charge in [0.2, 0.25) is 0 Å². The summed E-state index contributed by atoms with van der Waals surface area (Å²) in [4.78, 5) is 60.1. The number of carbonyl (C=O) groups is 3. The van der Waals surface area contributed by atoms with Crippen LogP contribution in [0.3, 0.4) is 0 Å². The number of hydrogen-bond donors (Lipinski definition) is 0. The molecule has 0 N–H and O–H groups in total. The lowest BCUT2D eigenvalue weighted by atomic mass is 10.1. The summed E-state index contributed by atoms with van der Waals surface area (Å²) < 4.78 is 38.9. The van der Waals surface area contributed by atoms with E-state index in [0.29, 0.717) is 119 Å². The summed E-state index contributed by atoms with van der Waals surface area (Å²) in [7, 11) is 4.63. The molecule has 0 spiro atoms. The molecule has 21 nitrogen and oxygen atoms in total. The lowest BCUT2D eigenvalue weighted by Gasteiger charge is -2.20. The molecule has 3 amide bonds. The number of methoxy groups -OCH3 is 3. The van der Waals surface area contributed by atoms with E-state index in [9.17, 15) is 14.4 Å². The van der Waals surface area contributed by atoms with Gasteiger partial charge in [-0.3, -0.25) is 34.0 Å². The Balaban J connectivity index is 0.665. The zero-order valence-electron chi connectivity index (χ0n) is 39.1. The molecule has 0 saturated carbocycles. The lowest BCUT2D eigenvalue weighted by molar-refractivity contribution is 0.0763. The van der Waals surface area contributed by atoms with Crippen molar-refractivity contribution in [2.75, 3.05) is 47.6 Å². The van der Waals surface area contributed by atoms with Crippen molar-refractivity contribution in [3.8, 4) is 34.5 Å². The van der Waals surface area contributed by atoms with Crippen LogP contribution in [0.2, 0.25) is 0 Å². The Bertz CT molecular complexity index is 2950. The van der Waals surface area contributed by atoms with Crippen LogP contribution >= 0.6 is 0 Å². The standard InChI is InChI=1S/C49H52N12O9/c1-65-41-17-37-38(18-44(41)68-13-5-4-10-57-24-29(53-55-57)27-69-45-19-39-35(15-42(45)66-2)47(62)58-11-6-8-31(58)21-50-39)52-23-33-14-34(26-60(33)49(37)64)61-25-30(54-56-61)28-70-46-20-40-36(16-43(46)67-3)48(63)59-12-7-9-32(59)22-51-40/h15-25,31-34H,4-14,26-28H2,1-3H3/t31-,32-,33-,34-/m0/s1. The fraction of sp³-hybridized carbons (Fsp3) is 0.429. The maximum absolute atomic E-state index is 14.1. The van der Waals surface area contributed by atoms with E-state index in [0.717, 1.165) is 38.6 Å². The molecular formula is C49H52N12O9. The second-order valence-corrected chi connectivity index (χ2v) is 18.0. The third-order valence-electron chi connectivity index (χ3n) is 13.7. The Morgan fingerprint density at radius 1 is 0.557 bits per heavy atom. The predicted octanol–water partition coefficient (Wildman–Crippen LogP) is 5.73. The number of hydrogen-bond acceptors (Lipinski definition) is 16. The van der Waals surface area contributed by atoms with Gasteiger partial charge in [0.25, 0.3) is 17.7 Å². The van der Waals surface area contributed by atoms with Crippen LogP contribution < -0.4 is 28.4 Å². The zero-order valence-corrected chi connectivity index (χ0v) is 39.1. The highest BCUT2D eigenvalue weighted by atomic mass is 16.5. The third-order valence-corrected chi connectivity index (χ3v) is 13.7. The summed E-state index contributed by atoms with van der Waals surface area (Å²) in [5.74, 6) is 2.46. The van der Waals surface area contributed by atoms with E-state index in [1.54, 1.807) is 64.9 Å². The number of fused-ring (bicyclic) bond motifs is 6. The Morgan fingerprint density at radius 2 is 1.06 bits per heavy atom. The molecule has 0 bridgehead atoms. The van der Waals surface area contributed by atoms with Crippen LogP contribution in [-0.2, 0) is 19.8 Å². The van der Waals surface area contributed by atoms with Crippen molar-refractivity contribution in [1.29, 1.82) is 0 Å². The highest BCUT2D eigenvalue weighted by Crippen LogP contribution is 2.42. The van der Waals surface area contributed by atoms with Gasteiger partial charge in [-0.05, 0) is 63.1 Å². The van der Waals surface area contributed by atoms with E-state index >= 15 is 0 Å². The predicted molar refractivity (Wildman–Crippen MR) is 253 cm³/mol. The molecule has 21 heteroatoms. The van der Waals surface area contributed by atoms with E-state index in [1.807, 2.05) is 40.8 Å². The van der Waals surface area contributed by atoms with Crippen LogP contribution in [0.25, 0.3) is 0 Å². The number of amides is 3. The monoisotopic (exact) mass is 952 g/mol. The van der Waals surface area contributed by atoms with Gasteiger partial charge in [-0.1, -0.05) is 10.4 Å². The average molecular weight is 953 g/mol. The molecule has 362 valence electrons. The number of benzene rings is 3. The van der Waals surface area contributed by atoms with E-state index in [-0.39, 0.29) is 55.1 Å². The molecule has 11 rings (SSSR count). The SMILES string of the molecule is COc1cc2c(cc1OCCCCn1cc(COc3cc4c(cc3OC)C(=O)N3CCC[C@H]3C=N4)nn1)N=C[C@@H]1C[C@H](n3cc(COc4cc5c(cc4OC)C(=O)N4CCC[C@H]4C=N5)nn3)CN1C2=O. The Kier molecular flexibility index (Phi) is 12.1. The van der Waals surface area contributed by atoms with Crippen LogP contribution in [0.15, 0.2) is 63.8 Å². The molecule has 2 aromatic heterocycles. The van der Waals surface area contributed by atoms with Gasteiger partial charge in [0.15, 0.2) is 34.5 Å². The van der Waals surface area contributed by atoms with E-state index in [4.69, 9.17) is 33.4 Å². The van der Waals surface area contributed by atoms with E-state index in [2.05, 4.69) is 30.6 Å². The smallest absolute Gasteiger partial charge is 0.256 e. The second kappa shape index (κ2) is 18.9. The van der Waals surface area contributed by atoms with Gasteiger partial charge >= 0.3 is 0 Å². The molecule has 5 aromatic rings. The quantitative estimate of drug-likeness (QED) is 0.108.